The molecule has 34 heavy (non-hydrogen) atoms. The smallest absolute Gasteiger partial charge is 0.315 e. The number of carbonyl (C=O) groups is 1. The van der Waals surface area contributed by atoms with E-state index in [1.165, 1.54) is 5.56 Å². The second kappa shape index (κ2) is 11.4. The van der Waals surface area contributed by atoms with E-state index in [4.69, 9.17) is 21.2 Å². The van der Waals surface area contributed by atoms with Crippen LogP contribution in [-0.2, 0) is 22.7 Å². The summed E-state index contributed by atoms with van der Waals surface area (Å²) < 4.78 is 5.84. The summed E-state index contributed by atoms with van der Waals surface area (Å²) in [6.07, 6.45) is 1.72. The van der Waals surface area contributed by atoms with Gasteiger partial charge in [-0.05, 0) is 42.7 Å². The molecule has 2 amide bonds. The van der Waals surface area contributed by atoms with E-state index < -0.39 is 0 Å². The Balaban J connectivity index is 1.22. The number of nitrogens with one attached hydrogen (secondary N) is 2. The average Bonchev–Trinajstić information content (AvgIpc) is 2.85. The number of aryl methyl sites for hydroxylation is 1. The molecule has 2 aromatic carbocycles. The zero-order valence-electron chi connectivity index (χ0n) is 19.4. The van der Waals surface area contributed by atoms with Crippen molar-refractivity contribution in [3.8, 4) is 0 Å². The first kappa shape index (κ1) is 24.0. The topological polar surface area (TPSA) is 75.2 Å². The van der Waals surface area contributed by atoms with Crippen LogP contribution in [0.2, 0.25) is 5.02 Å². The van der Waals surface area contributed by atoms with E-state index in [-0.39, 0.29) is 12.1 Å². The molecule has 0 radical (unpaired) electrons. The third kappa shape index (κ3) is 6.72. The highest BCUT2D eigenvalue weighted by Crippen LogP contribution is 2.20. The SMILES string of the molecule is CC1=NOC(c2cccc(CNC(=O)NC[C@H]3CN(Cc4ccc(C)c(Cl)c4)CCO3)c2)=C=C1. The van der Waals surface area contributed by atoms with E-state index >= 15 is 0 Å². The lowest BCUT2D eigenvalue weighted by molar-refractivity contribution is -0.0287. The summed E-state index contributed by atoms with van der Waals surface area (Å²) in [6, 6.07) is 13.7. The van der Waals surface area contributed by atoms with Gasteiger partial charge in [0.1, 0.15) is 0 Å². The van der Waals surface area contributed by atoms with Crippen molar-refractivity contribution in [2.75, 3.05) is 26.2 Å². The van der Waals surface area contributed by atoms with Gasteiger partial charge in [0.25, 0.3) is 0 Å². The molecule has 178 valence electrons. The van der Waals surface area contributed by atoms with E-state index in [1.54, 1.807) is 6.08 Å². The number of halogens is 1. The minimum atomic E-state index is -0.232. The molecule has 0 unspecified atom stereocenters. The highest BCUT2D eigenvalue weighted by molar-refractivity contribution is 6.31. The fourth-order valence-corrected chi connectivity index (χ4v) is 3.99. The molecule has 1 atom stereocenters. The van der Waals surface area contributed by atoms with Gasteiger partial charge in [-0.15, -0.1) is 0 Å². The summed E-state index contributed by atoms with van der Waals surface area (Å²) in [5.74, 6) is 0.559. The number of benzene rings is 2. The average molecular weight is 481 g/mol. The summed E-state index contributed by atoms with van der Waals surface area (Å²) in [4.78, 5) is 20.0. The van der Waals surface area contributed by atoms with Crippen molar-refractivity contribution < 1.29 is 14.4 Å². The first-order chi connectivity index (χ1) is 16.5. The molecule has 0 saturated carbocycles. The molecule has 0 spiro atoms. The van der Waals surface area contributed by atoms with Gasteiger partial charge in [0.15, 0.2) is 0 Å². The number of carbonyl (C=O) groups excluding carboxylic acids is 1. The van der Waals surface area contributed by atoms with Crippen molar-refractivity contribution >= 4 is 29.1 Å². The summed E-state index contributed by atoms with van der Waals surface area (Å²) in [5, 5.41) is 10.6. The summed E-state index contributed by atoms with van der Waals surface area (Å²) >= 11 is 6.26. The molecule has 2 aromatic rings. The van der Waals surface area contributed by atoms with Gasteiger partial charge in [0.05, 0.1) is 18.4 Å². The summed E-state index contributed by atoms with van der Waals surface area (Å²) in [6.45, 7) is 7.73. The van der Waals surface area contributed by atoms with Crippen molar-refractivity contribution in [3.63, 3.8) is 0 Å². The minimum Gasteiger partial charge on any atom is -0.374 e. The molecule has 1 fully saturated rings. The Kier molecular flexibility index (Phi) is 8.03. The fraction of sp³-hybridized carbons (Fsp3) is 0.346. The predicted octanol–water partition coefficient (Wildman–Crippen LogP) is 4.25. The second-order valence-electron chi connectivity index (χ2n) is 8.52. The molecule has 2 aliphatic rings. The van der Waals surface area contributed by atoms with Gasteiger partial charge in [-0.2, -0.15) is 0 Å². The van der Waals surface area contributed by atoms with Gasteiger partial charge in [0.2, 0.25) is 5.76 Å². The normalized spacial score (nSPS) is 18.0. The first-order valence-electron chi connectivity index (χ1n) is 11.3. The van der Waals surface area contributed by atoms with Gasteiger partial charge in [-0.25, -0.2) is 4.79 Å². The quantitative estimate of drug-likeness (QED) is 0.581. The Labute approximate surface area is 205 Å². The lowest BCUT2D eigenvalue weighted by atomic mass is 10.1. The monoisotopic (exact) mass is 480 g/mol. The maximum absolute atomic E-state index is 12.4. The molecule has 0 aromatic heterocycles. The lowest BCUT2D eigenvalue weighted by Crippen LogP contribution is -2.48. The second-order valence-corrected chi connectivity index (χ2v) is 8.92. The highest BCUT2D eigenvalue weighted by atomic mass is 35.5. The summed E-state index contributed by atoms with van der Waals surface area (Å²) in [5.41, 5.74) is 7.90. The minimum absolute atomic E-state index is 0.0602. The van der Waals surface area contributed by atoms with E-state index in [9.17, 15) is 4.79 Å². The Morgan fingerprint density at radius 2 is 2.09 bits per heavy atom. The Morgan fingerprint density at radius 3 is 2.88 bits per heavy atom. The molecule has 4 rings (SSSR count). The number of ether oxygens (including phenoxy) is 1. The van der Waals surface area contributed by atoms with Crippen LogP contribution in [0.25, 0.3) is 5.76 Å². The molecule has 2 heterocycles. The van der Waals surface area contributed by atoms with E-state index in [1.807, 2.05) is 50.2 Å². The number of oxime groups is 1. The molecule has 0 aliphatic carbocycles. The molecule has 0 bridgehead atoms. The Hall–Kier alpha value is -3.09. The van der Waals surface area contributed by atoms with Crippen LogP contribution < -0.4 is 10.6 Å². The molecular weight excluding hydrogens is 452 g/mol. The highest BCUT2D eigenvalue weighted by Gasteiger charge is 2.21. The van der Waals surface area contributed by atoms with Crippen molar-refractivity contribution in [1.29, 1.82) is 0 Å². The van der Waals surface area contributed by atoms with Crippen molar-refractivity contribution in [1.82, 2.24) is 15.5 Å². The molecule has 1 saturated heterocycles. The van der Waals surface area contributed by atoms with Crippen molar-refractivity contribution in [2.45, 2.75) is 33.0 Å². The maximum atomic E-state index is 12.4. The number of nitrogens with zero attached hydrogens (tertiary/aromatic N) is 2. The zero-order chi connectivity index (χ0) is 23.9. The van der Waals surface area contributed by atoms with Crippen LogP contribution in [0.3, 0.4) is 0 Å². The van der Waals surface area contributed by atoms with Crippen molar-refractivity contribution in [3.05, 3.63) is 81.5 Å². The van der Waals surface area contributed by atoms with Crippen molar-refractivity contribution in [2.24, 2.45) is 5.16 Å². The fourth-order valence-electron chi connectivity index (χ4n) is 3.79. The van der Waals surface area contributed by atoms with Crippen LogP contribution in [0.5, 0.6) is 0 Å². The number of amides is 2. The van der Waals surface area contributed by atoms with Gasteiger partial charge in [-0.1, -0.05) is 52.8 Å². The molecular formula is C26H29ClN4O3. The van der Waals surface area contributed by atoms with Gasteiger partial charge in [0, 0.05) is 49.4 Å². The molecule has 7 nitrogen and oxygen atoms in total. The molecule has 2 aliphatic heterocycles. The summed E-state index contributed by atoms with van der Waals surface area (Å²) in [7, 11) is 0. The van der Waals surface area contributed by atoms with Crippen LogP contribution in [0.1, 0.15) is 29.2 Å². The van der Waals surface area contributed by atoms with Gasteiger partial charge >= 0.3 is 6.03 Å². The molecule has 8 heteroatoms. The molecule has 2 N–H and O–H groups in total. The van der Waals surface area contributed by atoms with E-state index in [0.717, 1.165) is 47.1 Å². The lowest BCUT2D eigenvalue weighted by Gasteiger charge is -2.33. The van der Waals surface area contributed by atoms with Crippen LogP contribution >= 0.6 is 11.6 Å². The third-order valence-electron chi connectivity index (χ3n) is 5.69. The van der Waals surface area contributed by atoms with Crippen LogP contribution in [-0.4, -0.2) is 49.0 Å². The first-order valence-corrected chi connectivity index (χ1v) is 11.7. The standard InChI is InChI=1S/C26H29ClN4O3/c1-18-6-8-21(13-24(18)27)16-31-10-11-33-23(17-31)15-29-26(32)28-14-20-4-3-5-22(12-20)25-9-7-19(2)30-34-25/h3-8,12-13,23H,10-11,14-17H2,1-2H3,(H2,28,29,32)/t23-/m0/s1. The number of urea groups is 1. The number of rotatable bonds is 7. The maximum Gasteiger partial charge on any atom is 0.315 e. The van der Waals surface area contributed by atoms with Crippen LogP contribution in [0.4, 0.5) is 4.79 Å². The number of hydrogen-bond donors (Lipinski definition) is 2. The Bertz CT molecular complexity index is 1140. The zero-order valence-corrected chi connectivity index (χ0v) is 20.2. The van der Waals surface area contributed by atoms with E-state index in [2.05, 4.69) is 32.5 Å². The van der Waals surface area contributed by atoms with Crippen LogP contribution in [0.15, 0.2) is 59.4 Å². The number of hydrogen-bond acceptors (Lipinski definition) is 5. The largest absolute Gasteiger partial charge is 0.374 e. The number of morpholine rings is 1. The van der Waals surface area contributed by atoms with Gasteiger partial charge in [-0.3, -0.25) is 4.90 Å². The number of allylic oxidation sites excluding steroid dienone is 1. The Morgan fingerprint density at radius 1 is 1.21 bits per heavy atom. The van der Waals surface area contributed by atoms with Crippen LogP contribution in [0, 0.1) is 6.92 Å². The van der Waals surface area contributed by atoms with Gasteiger partial charge < -0.3 is 20.2 Å². The van der Waals surface area contributed by atoms with E-state index in [0.29, 0.717) is 25.5 Å². The predicted molar refractivity (Wildman–Crippen MR) is 134 cm³/mol. The third-order valence-corrected chi connectivity index (χ3v) is 6.10.